The molecular weight excluding hydrogens is 480 g/mol. The first-order chi connectivity index (χ1) is 16.1. The summed E-state index contributed by atoms with van der Waals surface area (Å²) >= 11 is 3.41. The standard InChI is InChI=1S/C25H25BrN6O/c1-16-15-29-32-23(27-11-12-28-25(33)30-19-6-4-5-18(26)13-19)14-22(31-24(16)32)21-8-3-2-7-20(21)17-9-10-17/h2-8,13-15,17,27H,9-12H2,1H3,(H2,28,30,33). The molecule has 1 saturated carbocycles. The Labute approximate surface area is 200 Å². The Bertz CT molecular complexity index is 1310. The molecule has 0 atom stereocenters. The van der Waals surface area contributed by atoms with Gasteiger partial charge in [0, 0.05) is 40.4 Å². The predicted molar refractivity (Wildman–Crippen MR) is 135 cm³/mol. The second kappa shape index (κ2) is 9.23. The maximum atomic E-state index is 12.2. The molecule has 7 nitrogen and oxygen atoms in total. The number of hydrogen-bond acceptors (Lipinski definition) is 4. The van der Waals surface area contributed by atoms with E-state index >= 15 is 0 Å². The maximum absolute atomic E-state index is 12.2. The van der Waals surface area contributed by atoms with E-state index in [9.17, 15) is 4.79 Å². The first kappa shape index (κ1) is 21.5. The highest BCUT2D eigenvalue weighted by Crippen LogP contribution is 2.44. The van der Waals surface area contributed by atoms with Crippen LogP contribution in [-0.4, -0.2) is 33.7 Å². The number of halogens is 1. The molecule has 3 N–H and O–H groups in total. The topological polar surface area (TPSA) is 83.3 Å². The van der Waals surface area contributed by atoms with Gasteiger partial charge in [0.1, 0.15) is 5.82 Å². The molecule has 1 fully saturated rings. The number of fused-ring (bicyclic) bond motifs is 1. The van der Waals surface area contributed by atoms with E-state index in [0.717, 1.165) is 32.9 Å². The van der Waals surface area contributed by atoms with Gasteiger partial charge in [0.05, 0.1) is 11.9 Å². The number of aryl methyl sites for hydroxylation is 1. The van der Waals surface area contributed by atoms with E-state index in [1.165, 1.54) is 24.0 Å². The zero-order chi connectivity index (χ0) is 22.8. The lowest BCUT2D eigenvalue weighted by Crippen LogP contribution is -2.32. The van der Waals surface area contributed by atoms with Gasteiger partial charge in [-0.25, -0.2) is 9.78 Å². The molecule has 4 aromatic rings. The van der Waals surface area contributed by atoms with Crippen LogP contribution in [0.5, 0.6) is 0 Å². The van der Waals surface area contributed by atoms with Crippen molar-refractivity contribution in [2.75, 3.05) is 23.7 Å². The number of carbonyl (C=O) groups excluding carboxylic acids is 1. The summed E-state index contributed by atoms with van der Waals surface area (Å²) < 4.78 is 2.73. The van der Waals surface area contributed by atoms with Crippen molar-refractivity contribution in [2.45, 2.75) is 25.7 Å². The molecule has 1 aliphatic carbocycles. The lowest BCUT2D eigenvalue weighted by molar-refractivity contribution is 0.252. The van der Waals surface area contributed by atoms with Crippen molar-refractivity contribution < 1.29 is 4.79 Å². The van der Waals surface area contributed by atoms with E-state index in [0.29, 0.717) is 19.0 Å². The molecule has 1 aliphatic rings. The van der Waals surface area contributed by atoms with E-state index in [1.807, 2.05) is 48.0 Å². The smallest absolute Gasteiger partial charge is 0.319 e. The molecule has 0 unspecified atom stereocenters. The Morgan fingerprint density at radius 1 is 1.12 bits per heavy atom. The largest absolute Gasteiger partial charge is 0.368 e. The Balaban J connectivity index is 1.30. The van der Waals surface area contributed by atoms with Gasteiger partial charge in [-0.15, -0.1) is 0 Å². The van der Waals surface area contributed by atoms with Crippen LogP contribution in [0.4, 0.5) is 16.3 Å². The van der Waals surface area contributed by atoms with Crippen LogP contribution in [0.15, 0.2) is 65.3 Å². The monoisotopic (exact) mass is 504 g/mol. The average Bonchev–Trinajstić information content (AvgIpc) is 3.59. The quantitative estimate of drug-likeness (QED) is 0.287. The van der Waals surface area contributed by atoms with Crippen LogP contribution in [0.3, 0.4) is 0 Å². The number of nitrogens with one attached hydrogen (secondary N) is 3. The van der Waals surface area contributed by atoms with Crippen LogP contribution >= 0.6 is 15.9 Å². The van der Waals surface area contributed by atoms with Crippen molar-refractivity contribution in [2.24, 2.45) is 0 Å². The third kappa shape index (κ3) is 4.85. The molecule has 0 aliphatic heterocycles. The number of anilines is 2. The summed E-state index contributed by atoms with van der Waals surface area (Å²) in [5.41, 5.74) is 6.07. The number of urea groups is 1. The molecule has 2 aromatic heterocycles. The third-order valence-corrected chi connectivity index (χ3v) is 6.19. The average molecular weight is 505 g/mol. The molecule has 0 radical (unpaired) electrons. The van der Waals surface area contributed by atoms with Crippen LogP contribution < -0.4 is 16.0 Å². The zero-order valence-electron chi connectivity index (χ0n) is 18.3. The molecule has 2 amide bonds. The van der Waals surface area contributed by atoms with Crippen molar-refractivity contribution in [3.8, 4) is 11.3 Å². The fraction of sp³-hybridized carbons (Fsp3) is 0.240. The summed E-state index contributed by atoms with van der Waals surface area (Å²) in [7, 11) is 0. The lowest BCUT2D eigenvalue weighted by Gasteiger charge is -2.14. The number of nitrogens with zero attached hydrogens (tertiary/aromatic N) is 3. The number of benzene rings is 2. The molecule has 168 valence electrons. The van der Waals surface area contributed by atoms with Crippen molar-refractivity contribution in [1.29, 1.82) is 0 Å². The van der Waals surface area contributed by atoms with Gasteiger partial charge in [-0.05, 0) is 49.4 Å². The molecule has 2 aromatic carbocycles. The minimum absolute atomic E-state index is 0.247. The van der Waals surface area contributed by atoms with Gasteiger partial charge >= 0.3 is 6.03 Å². The first-order valence-electron chi connectivity index (χ1n) is 11.1. The van der Waals surface area contributed by atoms with E-state index < -0.39 is 0 Å². The molecule has 2 heterocycles. The van der Waals surface area contributed by atoms with Gasteiger partial charge in [-0.1, -0.05) is 46.3 Å². The van der Waals surface area contributed by atoms with Crippen molar-refractivity contribution >= 4 is 39.1 Å². The Hall–Kier alpha value is -3.39. The highest BCUT2D eigenvalue weighted by atomic mass is 79.9. The van der Waals surface area contributed by atoms with E-state index in [4.69, 9.17) is 4.98 Å². The number of carbonyl (C=O) groups is 1. The summed E-state index contributed by atoms with van der Waals surface area (Å²) in [6.07, 6.45) is 4.31. The molecule has 5 rings (SSSR count). The van der Waals surface area contributed by atoms with Gasteiger partial charge in [0.25, 0.3) is 0 Å². The Morgan fingerprint density at radius 2 is 1.97 bits per heavy atom. The van der Waals surface area contributed by atoms with Gasteiger partial charge in [-0.3, -0.25) is 0 Å². The SMILES string of the molecule is Cc1cnn2c(NCCNC(=O)Nc3cccc(Br)c3)cc(-c3ccccc3C3CC3)nc12. The zero-order valence-corrected chi connectivity index (χ0v) is 19.9. The van der Waals surface area contributed by atoms with Crippen LogP contribution in [0.1, 0.15) is 29.9 Å². The Kier molecular flexibility index (Phi) is 6.00. The molecule has 0 saturated heterocycles. The summed E-state index contributed by atoms with van der Waals surface area (Å²) in [6, 6.07) is 17.8. The number of rotatable bonds is 7. The van der Waals surface area contributed by atoms with Gasteiger partial charge < -0.3 is 16.0 Å². The highest BCUT2D eigenvalue weighted by molar-refractivity contribution is 9.10. The van der Waals surface area contributed by atoms with E-state index in [1.54, 1.807) is 0 Å². The predicted octanol–water partition coefficient (Wildman–Crippen LogP) is 5.58. The van der Waals surface area contributed by atoms with Gasteiger partial charge in [0.15, 0.2) is 5.65 Å². The minimum Gasteiger partial charge on any atom is -0.368 e. The van der Waals surface area contributed by atoms with Crippen molar-refractivity contribution in [3.63, 3.8) is 0 Å². The van der Waals surface area contributed by atoms with Gasteiger partial charge in [0.2, 0.25) is 0 Å². The second-order valence-electron chi connectivity index (χ2n) is 8.27. The highest BCUT2D eigenvalue weighted by Gasteiger charge is 2.26. The summed E-state index contributed by atoms with van der Waals surface area (Å²) in [6.45, 7) is 3.02. The van der Waals surface area contributed by atoms with Crippen molar-refractivity contribution in [1.82, 2.24) is 19.9 Å². The van der Waals surface area contributed by atoms with Crippen LogP contribution in [0, 0.1) is 6.92 Å². The molecular formula is C25H25BrN6O. The summed E-state index contributed by atoms with van der Waals surface area (Å²) in [5.74, 6) is 1.48. The second-order valence-corrected chi connectivity index (χ2v) is 9.18. The minimum atomic E-state index is -0.247. The number of amides is 2. The van der Waals surface area contributed by atoms with Crippen LogP contribution in [-0.2, 0) is 0 Å². The third-order valence-electron chi connectivity index (χ3n) is 5.70. The Morgan fingerprint density at radius 3 is 2.79 bits per heavy atom. The normalized spacial score (nSPS) is 13.2. The van der Waals surface area contributed by atoms with Crippen molar-refractivity contribution in [3.05, 3.63) is 76.4 Å². The lowest BCUT2D eigenvalue weighted by atomic mass is 10.0. The van der Waals surface area contributed by atoms with E-state index in [-0.39, 0.29) is 6.03 Å². The molecule has 0 spiro atoms. The summed E-state index contributed by atoms with van der Waals surface area (Å²) in [5, 5.41) is 13.6. The molecule has 8 heteroatoms. The van der Waals surface area contributed by atoms with Crippen LogP contribution in [0.25, 0.3) is 16.9 Å². The number of hydrogen-bond donors (Lipinski definition) is 3. The van der Waals surface area contributed by atoms with E-state index in [2.05, 4.69) is 61.2 Å². The summed E-state index contributed by atoms with van der Waals surface area (Å²) in [4.78, 5) is 17.1. The molecule has 0 bridgehead atoms. The number of aromatic nitrogens is 3. The maximum Gasteiger partial charge on any atom is 0.319 e. The molecule has 33 heavy (non-hydrogen) atoms. The fourth-order valence-electron chi connectivity index (χ4n) is 3.93. The first-order valence-corrected chi connectivity index (χ1v) is 11.9. The van der Waals surface area contributed by atoms with Gasteiger partial charge in [-0.2, -0.15) is 9.61 Å². The fourth-order valence-corrected chi connectivity index (χ4v) is 4.32. The van der Waals surface area contributed by atoms with Crippen LogP contribution in [0.2, 0.25) is 0 Å².